The van der Waals surface area contributed by atoms with Crippen LogP contribution < -0.4 is 0 Å². The third-order valence-corrected chi connectivity index (χ3v) is 2.30. The molecule has 14 heavy (non-hydrogen) atoms. The van der Waals surface area contributed by atoms with Gasteiger partial charge in [-0.25, -0.2) is 0 Å². The zero-order valence-electron chi connectivity index (χ0n) is 10.6. The number of ether oxygens (including phenoxy) is 1. The maximum absolute atomic E-state index is 5.66. The van der Waals surface area contributed by atoms with Gasteiger partial charge in [-0.05, 0) is 53.2 Å². The molecule has 0 rings (SSSR count). The first-order chi connectivity index (χ1) is 6.49. The van der Waals surface area contributed by atoms with Gasteiger partial charge in [0.2, 0.25) is 0 Å². The van der Waals surface area contributed by atoms with E-state index in [0.29, 0.717) is 0 Å². The summed E-state index contributed by atoms with van der Waals surface area (Å²) in [4.78, 5) is 2.46. The molecule has 0 aliphatic carbocycles. The number of unbranched alkanes of at least 4 members (excludes halogenated alkanes) is 1. The Morgan fingerprint density at radius 1 is 1.00 bits per heavy atom. The summed E-state index contributed by atoms with van der Waals surface area (Å²) in [5.41, 5.74) is 0.0230. The minimum atomic E-state index is 0.0230. The number of rotatable bonds is 7. The van der Waals surface area contributed by atoms with Crippen LogP contribution in [0.2, 0.25) is 0 Å². The first kappa shape index (κ1) is 13.9. The zero-order chi connectivity index (χ0) is 11.0. The smallest absolute Gasteiger partial charge is 0.0598 e. The van der Waals surface area contributed by atoms with Crippen molar-refractivity contribution in [2.24, 2.45) is 0 Å². The molecule has 0 unspecified atom stereocenters. The van der Waals surface area contributed by atoms with Crippen molar-refractivity contribution in [3.05, 3.63) is 0 Å². The Balaban J connectivity index is 3.29. The summed E-state index contributed by atoms with van der Waals surface area (Å²) in [6, 6.07) is 0. The Hall–Kier alpha value is -0.0800. The lowest BCUT2D eigenvalue weighted by Crippen LogP contribution is -2.25. The van der Waals surface area contributed by atoms with Gasteiger partial charge in [0.1, 0.15) is 0 Å². The molecular weight excluding hydrogens is 174 g/mol. The van der Waals surface area contributed by atoms with Crippen molar-refractivity contribution in [1.29, 1.82) is 0 Å². The molecule has 0 heterocycles. The molecule has 0 amide bonds. The second kappa shape index (κ2) is 7.24. The third-order valence-electron chi connectivity index (χ3n) is 2.30. The van der Waals surface area contributed by atoms with Crippen molar-refractivity contribution in [1.82, 2.24) is 4.90 Å². The van der Waals surface area contributed by atoms with Crippen LogP contribution in [0.4, 0.5) is 0 Å². The fraction of sp³-hybridized carbons (Fsp3) is 1.00. The maximum atomic E-state index is 5.66. The highest BCUT2D eigenvalue weighted by Gasteiger charge is 2.08. The molecule has 0 fully saturated rings. The number of hydrogen-bond acceptors (Lipinski definition) is 2. The molecule has 0 bridgehead atoms. The van der Waals surface area contributed by atoms with Crippen molar-refractivity contribution >= 4 is 0 Å². The molecule has 0 spiro atoms. The van der Waals surface area contributed by atoms with E-state index < -0.39 is 0 Å². The summed E-state index contributed by atoms with van der Waals surface area (Å²) in [5.74, 6) is 0. The van der Waals surface area contributed by atoms with Gasteiger partial charge >= 0.3 is 0 Å². The summed E-state index contributed by atoms with van der Waals surface area (Å²) in [6.07, 6.45) is 2.42. The average molecular weight is 201 g/mol. The van der Waals surface area contributed by atoms with Crippen molar-refractivity contribution in [3.63, 3.8) is 0 Å². The Kier molecular flexibility index (Phi) is 7.20. The fourth-order valence-corrected chi connectivity index (χ4v) is 1.36. The van der Waals surface area contributed by atoms with E-state index in [9.17, 15) is 0 Å². The van der Waals surface area contributed by atoms with Crippen molar-refractivity contribution < 1.29 is 4.74 Å². The molecule has 86 valence electrons. The van der Waals surface area contributed by atoms with Gasteiger partial charge in [0.05, 0.1) is 5.60 Å². The van der Waals surface area contributed by atoms with Crippen LogP contribution in [0, 0.1) is 0 Å². The van der Waals surface area contributed by atoms with Crippen molar-refractivity contribution in [2.75, 3.05) is 26.2 Å². The van der Waals surface area contributed by atoms with Crippen LogP contribution in [-0.4, -0.2) is 36.7 Å². The minimum Gasteiger partial charge on any atom is -0.376 e. The number of hydrogen-bond donors (Lipinski definition) is 0. The molecule has 0 radical (unpaired) electrons. The lowest BCUT2D eigenvalue weighted by atomic mass is 10.2. The van der Waals surface area contributed by atoms with Crippen molar-refractivity contribution in [2.45, 2.75) is 53.1 Å². The first-order valence-electron chi connectivity index (χ1n) is 5.86. The average Bonchev–Trinajstić information content (AvgIpc) is 2.09. The standard InChI is InChI=1S/C12H27NO/c1-6-13(7-2)10-8-9-11-14-12(3,4)5/h6-11H2,1-5H3. The van der Waals surface area contributed by atoms with Gasteiger partial charge in [-0.1, -0.05) is 13.8 Å². The SMILES string of the molecule is CCN(CC)CCCCOC(C)(C)C. The van der Waals surface area contributed by atoms with Gasteiger partial charge < -0.3 is 9.64 Å². The summed E-state index contributed by atoms with van der Waals surface area (Å²) < 4.78 is 5.66. The molecule has 0 aliphatic rings. The summed E-state index contributed by atoms with van der Waals surface area (Å²) in [7, 11) is 0. The van der Waals surface area contributed by atoms with E-state index in [0.717, 1.165) is 19.7 Å². The van der Waals surface area contributed by atoms with Crippen LogP contribution in [0.3, 0.4) is 0 Å². The molecule has 0 aromatic carbocycles. The predicted octanol–water partition coefficient (Wildman–Crippen LogP) is 2.92. The van der Waals surface area contributed by atoms with E-state index in [1.165, 1.54) is 19.4 Å². The van der Waals surface area contributed by atoms with E-state index >= 15 is 0 Å². The monoisotopic (exact) mass is 201 g/mol. The molecular formula is C12H27NO. The second-order valence-corrected chi connectivity index (χ2v) is 4.69. The quantitative estimate of drug-likeness (QED) is 0.587. The first-order valence-corrected chi connectivity index (χ1v) is 5.86. The highest BCUT2D eigenvalue weighted by molar-refractivity contribution is 4.59. The third kappa shape index (κ3) is 8.52. The second-order valence-electron chi connectivity index (χ2n) is 4.69. The van der Waals surface area contributed by atoms with Crippen LogP contribution in [0.5, 0.6) is 0 Å². The zero-order valence-corrected chi connectivity index (χ0v) is 10.6. The minimum absolute atomic E-state index is 0.0230. The summed E-state index contributed by atoms with van der Waals surface area (Å²) in [6.45, 7) is 15.2. The highest BCUT2D eigenvalue weighted by Crippen LogP contribution is 2.07. The molecule has 0 saturated heterocycles. The van der Waals surface area contributed by atoms with E-state index in [1.54, 1.807) is 0 Å². The fourth-order valence-electron chi connectivity index (χ4n) is 1.36. The van der Waals surface area contributed by atoms with E-state index in [1.807, 2.05) is 0 Å². The Labute approximate surface area is 89.6 Å². The normalized spacial score (nSPS) is 12.4. The molecule has 2 nitrogen and oxygen atoms in total. The molecule has 0 aromatic heterocycles. The van der Waals surface area contributed by atoms with Gasteiger partial charge in [0, 0.05) is 6.61 Å². The molecule has 0 aliphatic heterocycles. The Bertz CT molecular complexity index is 125. The lowest BCUT2D eigenvalue weighted by Gasteiger charge is -2.21. The largest absolute Gasteiger partial charge is 0.376 e. The molecule has 0 atom stereocenters. The van der Waals surface area contributed by atoms with Crippen LogP contribution in [-0.2, 0) is 4.74 Å². The topological polar surface area (TPSA) is 12.5 Å². The summed E-state index contributed by atoms with van der Waals surface area (Å²) in [5, 5.41) is 0. The maximum Gasteiger partial charge on any atom is 0.0598 e. The Morgan fingerprint density at radius 2 is 1.57 bits per heavy atom. The van der Waals surface area contributed by atoms with Gasteiger partial charge in [-0.15, -0.1) is 0 Å². The van der Waals surface area contributed by atoms with Gasteiger partial charge in [-0.2, -0.15) is 0 Å². The van der Waals surface area contributed by atoms with Crippen LogP contribution >= 0.6 is 0 Å². The van der Waals surface area contributed by atoms with Crippen LogP contribution in [0.15, 0.2) is 0 Å². The summed E-state index contributed by atoms with van der Waals surface area (Å²) >= 11 is 0. The molecule has 0 saturated carbocycles. The lowest BCUT2D eigenvalue weighted by molar-refractivity contribution is -0.00523. The van der Waals surface area contributed by atoms with E-state index in [-0.39, 0.29) is 5.60 Å². The van der Waals surface area contributed by atoms with E-state index in [2.05, 4.69) is 39.5 Å². The van der Waals surface area contributed by atoms with Crippen LogP contribution in [0.25, 0.3) is 0 Å². The van der Waals surface area contributed by atoms with Crippen molar-refractivity contribution in [3.8, 4) is 0 Å². The van der Waals surface area contributed by atoms with Crippen LogP contribution in [0.1, 0.15) is 47.5 Å². The highest BCUT2D eigenvalue weighted by atomic mass is 16.5. The van der Waals surface area contributed by atoms with E-state index in [4.69, 9.17) is 4.74 Å². The van der Waals surface area contributed by atoms with Gasteiger partial charge in [-0.3, -0.25) is 0 Å². The molecule has 0 aromatic rings. The van der Waals surface area contributed by atoms with Gasteiger partial charge in [0.25, 0.3) is 0 Å². The Morgan fingerprint density at radius 3 is 2.00 bits per heavy atom. The molecule has 0 N–H and O–H groups in total. The number of nitrogens with zero attached hydrogens (tertiary/aromatic N) is 1. The predicted molar refractivity (Wildman–Crippen MR) is 62.7 cm³/mol. The van der Waals surface area contributed by atoms with Gasteiger partial charge in [0.15, 0.2) is 0 Å². The molecule has 2 heteroatoms.